The average molecular weight is 476 g/mol. The first-order valence-corrected chi connectivity index (χ1v) is 9.05. The third kappa shape index (κ3) is 4.77. The molecule has 0 aliphatic heterocycles. The van der Waals surface area contributed by atoms with Gasteiger partial charge in [-0.05, 0) is 42.4 Å². The lowest BCUT2D eigenvalue weighted by molar-refractivity contribution is 0.492. The van der Waals surface area contributed by atoms with Crippen molar-refractivity contribution in [1.82, 2.24) is 25.2 Å². The van der Waals surface area contributed by atoms with Crippen LogP contribution in [0.1, 0.15) is 24.2 Å². The highest BCUT2D eigenvalue weighted by Crippen LogP contribution is 2.47. The number of benzene rings is 1. The molecule has 3 aromatic rings. The summed E-state index contributed by atoms with van der Waals surface area (Å²) in [6.45, 7) is 1.51. The Balaban J connectivity index is 0.00000210. The number of halogens is 1. The van der Waals surface area contributed by atoms with E-state index in [0.717, 1.165) is 30.4 Å². The van der Waals surface area contributed by atoms with Gasteiger partial charge in [-0.1, -0.05) is 36.4 Å². The van der Waals surface area contributed by atoms with Crippen LogP contribution in [0.5, 0.6) is 0 Å². The molecule has 2 heterocycles. The molecule has 7 heteroatoms. The van der Waals surface area contributed by atoms with Gasteiger partial charge in [-0.15, -0.1) is 34.2 Å². The number of nitrogens with zero attached hydrogens (tertiary/aromatic N) is 4. The zero-order valence-corrected chi connectivity index (χ0v) is 17.8. The average Bonchev–Trinajstić information content (AvgIpc) is 3.32. The molecule has 0 unspecified atom stereocenters. The predicted octanol–water partition coefficient (Wildman–Crippen LogP) is 3.04. The van der Waals surface area contributed by atoms with E-state index in [0.29, 0.717) is 12.0 Å². The third-order valence-electron chi connectivity index (χ3n) is 5.03. The zero-order chi connectivity index (χ0) is 17.8. The highest BCUT2D eigenvalue weighted by atomic mass is 127. The van der Waals surface area contributed by atoms with Crippen molar-refractivity contribution in [3.8, 4) is 0 Å². The van der Waals surface area contributed by atoms with Gasteiger partial charge in [-0.25, -0.2) is 0 Å². The number of aliphatic imine (C=N–C) groups is 1. The molecule has 0 bridgehead atoms. The molecule has 4 rings (SSSR count). The molecule has 1 aliphatic rings. The number of nitrogens with one attached hydrogen (secondary N) is 2. The van der Waals surface area contributed by atoms with E-state index in [2.05, 4.69) is 56.2 Å². The molecular formula is C20H25IN6. The fourth-order valence-electron chi connectivity index (χ4n) is 3.29. The molecule has 2 N–H and O–H groups in total. The summed E-state index contributed by atoms with van der Waals surface area (Å²) in [7, 11) is 1.80. The van der Waals surface area contributed by atoms with Crippen molar-refractivity contribution < 1.29 is 0 Å². The van der Waals surface area contributed by atoms with Gasteiger partial charge in [0.15, 0.2) is 17.4 Å². The number of fused-ring (bicyclic) bond motifs is 1. The Morgan fingerprint density at radius 2 is 1.85 bits per heavy atom. The summed E-state index contributed by atoms with van der Waals surface area (Å²) in [6.07, 6.45) is 5.62. The van der Waals surface area contributed by atoms with Gasteiger partial charge in [0.25, 0.3) is 0 Å². The summed E-state index contributed by atoms with van der Waals surface area (Å²) in [5.41, 5.74) is 2.62. The molecule has 0 saturated heterocycles. The Labute approximate surface area is 176 Å². The minimum absolute atomic E-state index is 0. The van der Waals surface area contributed by atoms with Gasteiger partial charge in [0.05, 0.1) is 6.54 Å². The Bertz CT molecular complexity index is 901. The van der Waals surface area contributed by atoms with Gasteiger partial charge >= 0.3 is 0 Å². The number of pyridine rings is 1. The smallest absolute Gasteiger partial charge is 0.191 e. The normalized spacial score (nSPS) is 15.2. The lowest BCUT2D eigenvalue weighted by atomic mass is 9.96. The second kappa shape index (κ2) is 8.69. The van der Waals surface area contributed by atoms with Crippen molar-refractivity contribution >= 4 is 35.6 Å². The van der Waals surface area contributed by atoms with Crippen molar-refractivity contribution in [2.24, 2.45) is 10.4 Å². The van der Waals surface area contributed by atoms with Gasteiger partial charge in [0.1, 0.15) is 0 Å². The van der Waals surface area contributed by atoms with Gasteiger partial charge < -0.3 is 10.6 Å². The predicted molar refractivity (Wildman–Crippen MR) is 118 cm³/mol. The maximum absolute atomic E-state index is 4.34. The minimum Gasteiger partial charge on any atom is -0.356 e. The largest absolute Gasteiger partial charge is 0.356 e. The topological polar surface area (TPSA) is 66.6 Å². The van der Waals surface area contributed by atoms with Crippen LogP contribution in [0.3, 0.4) is 0 Å². The number of hydrogen-bond acceptors (Lipinski definition) is 3. The van der Waals surface area contributed by atoms with Crippen molar-refractivity contribution in [2.45, 2.75) is 25.8 Å². The first kappa shape index (κ1) is 19.6. The Morgan fingerprint density at radius 1 is 1.07 bits per heavy atom. The summed E-state index contributed by atoms with van der Waals surface area (Å²) in [5.74, 6) is 1.67. The van der Waals surface area contributed by atoms with Crippen LogP contribution in [0, 0.1) is 5.41 Å². The maximum Gasteiger partial charge on any atom is 0.191 e. The standard InChI is InChI=1S/C20H24N6.HI/c1-21-19(22-14-18-25-24-17-9-5-6-12-26(17)18)23-15-20(10-11-20)13-16-7-3-2-4-8-16;/h2-9,12H,10-11,13-15H2,1H3,(H2,21,22,23);1H. The molecule has 6 nitrogen and oxygen atoms in total. The van der Waals surface area contributed by atoms with E-state index in [1.165, 1.54) is 18.4 Å². The lowest BCUT2D eigenvalue weighted by Crippen LogP contribution is -2.40. The summed E-state index contributed by atoms with van der Waals surface area (Å²) in [6, 6.07) is 16.6. The van der Waals surface area contributed by atoms with Crippen LogP contribution >= 0.6 is 24.0 Å². The molecule has 142 valence electrons. The van der Waals surface area contributed by atoms with Gasteiger partial charge in [-0.2, -0.15) is 0 Å². The van der Waals surface area contributed by atoms with Crippen molar-refractivity contribution in [3.63, 3.8) is 0 Å². The zero-order valence-electron chi connectivity index (χ0n) is 15.4. The number of aromatic nitrogens is 3. The van der Waals surface area contributed by atoms with Crippen molar-refractivity contribution in [3.05, 3.63) is 66.1 Å². The van der Waals surface area contributed by atoms with E-state index in [9.17, 15) is 0 Å². The third-order valence-corrected chi connectivity index (χ3v) is 5.03. The van der Waals surface area contributed by atoms with E-state index in [4.69, 9.17) is 0 Å². The second-order valence-corrected chi connectivity index (χ2v) is 6.99. The van der Waals surface area contributed by atoms with E-state index < -0.39 is 0 Å². The fraction of sp³-hybridized carbons (Fsp3) is 0.350. The molecule has 1 aliphatic carbocycles. The summed E-state index contributed by atoms with van der Waals surface area (Å²) in [5, 5.41) is 15.3. The van der Waals surface area contributed by atoms with Crippen molar-refractivity contribution in [1.29, 1.82) is 0 Å². The van der Waals surface area contributed by atoms with Gasteiger partial charge in [-0.3, -0.25) is 9.39 Å². The summed E-state index contributed by atoms with van der Waals surface area (Å²) < 4.78 is 1.98. The van der Waals surface area contributed by atoms with Crippen LogP contribution in [0.25, 0.3) is 5.65 Å². The van der Waals surface area contributed by atoms with Gasteiger partial charge in [0, 0.05) is 19.8 Å². The van der Waals surface area contributed by atoms with Crippen LogP contribution in [0.15, 0.2) is 59.7 Å². The molecule has 1 fully saturated rings. The molecule has 0 spiro atoms. The molecule has 1 aromatic carbocycles. The van der Waals surface area contributed by atoms with Crippen LogP contribution in [0.4, 0.5) is 0 Å². The Morgan fingerprint density at radius 3 is 2.59 bits per heavy atom. The quantitative estimate of drug-likeness (QED) is 0.326. The molecular weight excluding hydrogens is 451 g/mol. The molecule has 2 aromatic heterocycles. The molecule has 0 atom stereocenters. The Kier molecular flexibility index (Phi) is 6.30. The van der Waals surface area contributed by atoms with E-state index in [1.54, 1.807) is 7.05 Å². The summed E-state index contributed by atoms with van der Waals surface area (Å²) in [4.78, 5) is 4.34. The Hall–Kier alpha value is -2.16. The van der Waals surface area contributed by atoms with Crippen LogP contribution in [-0.4, -0.2) is 34.2 Å². The first-order valence-electron chi connectivity index (χ1n) is 9.05. The molecule has 27 heavy (non-hydrogen) atoms. The summed E-state index contributed by atoms with van der Waals surface area (Å²) >= 11 is 0. The fourth-order valence-corrected chi connectivity index (χ4v) is 3.29. The number of guanidine groups is 1. The number of hydrogen-bond donors (Lipinski definition) is 2. The van der Waals surface area contributed by atoms with Crippen LogP contribution in [0.2, 0.25) is 0 Å². The maximum atomic E-state index is 4.34. The highest BCUT2D eigenvalue weighted by Gasteiger charge is 2.42. The highest BCUT2D eigenvalue weighted by molar-refractivity contribution is 14.0. The van der Waals surface area contributed by atoms with Gasteiger partial charge in [0.2, 0.25) is 0 Å². The molecule has 0 radical (unpaired) electrons. The van der Waals surface area contributed by atoms with Crippen molar-refractivity contribution in [2.75, 3.05) is 13.6 Å². The van der Waals surface area contributed by atoms with E-state index in [1.807, 2.05) is 28.8 Å². The second-order valence-electron chi connectivity index (χ2n) is 6.99. The van der Waals surface area contributed by atoms with E-state index >= 15 is 0 Å². The monoisotopic (exact) mass is 476 g/mol. The van der Waals surface area contributed by atoms with Crippen LogP contribution in [-0.2, 0) is 13.0 Å². The molecule has 1 saturated carbocycles. The first-order chi connectivity index (χ1) is 12.8. The SMILES string of the molecule is CN=C(NCc1nnc2ccccn12)NCC1(Cc2ccccc2)CC1.I. The molecule has 0 amide bonds. The van der Waals surface area contributed by atoms with Crippen LogP contribution < -0.4 is 10.6 Å². The lowest BCUT2D eigenvalue weighted by Gasteiger charge is -2.18. The minimum atomic E-state index is 0. The number of rotatable bonds is 6. The van der Waals surface area contributed by atoms with E-state index in [-0.39, 0.29) is 24.0 Å².